The van der Waals surface area contributed by atoms with Crippen molar-refractivity contribution in [1.29, 1.82) is 0 Å². The number of piperazine rings is 1. The Morgan fingerprint density at radius 1 is 1.10 bits per heavy atom. The van der Waals surface area contributed by atoms with Gasteiger partial charge in [-0.15, -0.1) is 0 Å². The zero-order chi connectivity index (χ0) is 20.8. The molecule has 7 nitrogen and oxygen atoms in total. The molecular weight excluding hydrogens is 386 g/mol. The molecule has 2 aliphatic heterocycles. The van der Waals surface area contributed by atoms with Crippen molar-refractivity contribution in [3.8, 4) is 11.3 Å². The Morgan fingerprint density at radius 3 is 2.81 bits per heavy atom. The summed E-state index contributed by atoms with van der Waals surface area (Å²) in [7, 11) is 0. The van der Waals surface area contributed by atoms with Crippen molar-refractivity contribution in [2.45, 2.75) is 31.5 Å². The molecule has 156 valence electrons. The van der Waals surface area contributed by atoms with Gasteiger partial charge in [-0.1, -0.05) is 30.3 Å². The molecule has 0 saturated carbocycles. The molecule has 5 heterocycles. The van der Waals surface area contributed by atoms with E-state index in [0.717, 1.165) is 41.8 Å². The summed E-state index contributed by atoms with van der Waals surface area (Å²) in [4.78, 5) is 16.8. The van der Waals surface area contributed by atoms with E-state index in [1.165, 1.54) is 12.0 Å². The van der Waals surface area contributed by atoms with Crippen molar-refractivity contribution in [2.24, 2.45) is 0 Å². The van der Waals surface area contributed by atoms with E-state index in [9.17, 15) is 0 Å². The first-order valence-electron chi connectivity index (χ1n) is 10.9. The maximum atomic E-state index is 5.13. The Labute approximate surface area is 181 Å². The Hall–Kier alpha value is -3.45. The molecule has 0 radical (unpaired) electrons. The minimum Gasteiger partial charge on any atom is -0.363 e. The second-order valence-electron chi connectivity index (χ2n) is 8.42. The van der Waals surface area contributed by atoms with E-state index in [0.29, 0.717) is 12.1 Å². The van der Waals surface area contributed by atoms with Crippen molar-refractivity contribution >= 4 is 17.4 Å². The third kappa shape index (κ3) is 3.21. The summed E-state index contributed by atoms with van der Waals surface area (Å²) in [5.74, 6) is 1.79. The molecule has 0 amide bonds. The molecule has 3 unspecified atom stereocenters. The lowest BCUT2D eigenvalue weighted by molar-refractivity contribution is 0.570. The molecule has 31 heavy (non-hydrogen) atoms. The Balaban J connectivity index is 1.40. The number of rotatable bonds is 5. The maximum Gasteiger partial charge on any atom is 0.212 e. The van der Waals surface area contributed by atoms with Crippen LogP contribution >= 0.6 is 0 Å². The molecule has 3 aromatic heterocycles. The van der Waals surface area contributed by atoms with Crippen LogP contribution in [0, 0.1) is 0 Å². The summed E-state index contributed by atoms with van der Waals surface area (Å²) in [5, 5.41) is 7.16. The Bertz CT molecular complexity index is 1220. The number of pyridine rings is 1. The van der Waals surface area contributed by atoms with E-state index in [2.05, 4.69) is 67.2 Å². The van der Waals surface area contributed by atoms with Crippen LogP contribution in [0.1, 0.15) is 24.9 Å². The number of imidazole rings is 1. The van der Waals surface area contributed by atoms with Crippen LogP contribution in [0.25, 0.3) is 16.9 Å². The van der Waals surface area contributed by atoms with Crippen molar-refractivity contribution < 1.29 is 0 Å². The number of hydrogen-bond acceptors (Lipinski definition) is 6. The minimum atomic E-state index is 0.130. The highest BCUT2D eigenvalue weighted by Crippen LogP contribution is 2.33. The summed E-state index contributed by atoms with van der Waals surface area (Å²) >= 11 is 0. The second-order valence-corrected chi connectivity index (χ2v) is 8.42. The number of nitrogens with zero attached hydrogens (tertiary/aromatic N) is 5. The Kier molecular flexibility index (Phi) is 4.35. The molecule has 2 fully saturated rings. The molecule has 1 aromatic carbocycles. The van der Waals surface area contributed by atoms with Crippen molar-refractivity contribution in [1.82, 2.24) is 24.7 Å². The van der Waals surface area contributed by atoms with Gasteiger partial charge in [0.25, 0.3) is 0 Å². The predicted molar refractivity (Wildman–Crippen MR) is 122 cm³/mol. The summed E-state index contributed by atoms with van der Waals surface area (Å²) in [6.45, 7) is 4.15. The normalized spacial score (nSPS) is 21.0. The van der Waals surface area contributed by atoms with Gasteiger partial charge in [0.2, 0.25) is 5.95 Å². The average molecular weight is 412 g/mol. The molecule has 2 aliphatic rings. The summed E-state index contributed by atoms with van der Waals surface area (Å²) in [6, 6.07) is 17.7. The van der Waals surface area contributed by atoms with Gasteiger partial charge in [0.15, 0.2) is 0 Å². The quantitative estimate of drug-likeness (QED) is 0.524. The van der Waals surface area contributed by atoms with E-state index in [-0.39, 0.29) is 6.04 Å². The van der Waals surface area contributed by atoms with Gasteiger partial charge in [-0.05, 0) is 31.0 Å². The van der Waals surface area contributed by atoms with Crippen LogP contribution in [0.3, 0.4) is 0 Å². The average Bonchev–Trinajstić information content (AvgIpc) is 3.56. The van der Waals surface area contributed by atoms with E-state index in [1.807, 2.05) is 36.8 Å². The third-order valence-electron chi connectivity index (χ3n) is 6.42. The molecule has 0 spiro atoms. The zero-order valence-electron chi connectivity index (χ0n) is 17.4. The third-order valence-corrected chi connectivity index (χ3v) is 6.42. The van der Waals surface area contributed by atoms with E-state index < -0.39 is 0 Å². The van der Waals surface area contributed by atoms with Crippen LogP contribution < -0.4 is 15.5 Å². The van der Waals surface area contributed by atoms with Gasteiger partial charge in [-0.3, -0.25) is 4.40 Å². The van der Waals surface area contributed by atoms with Gasteiger partial charge < -0.3 is 15.5 Å². The summed E-state index contributed by atoms with van der Waals surface area (Å²) < 4.78 is 2.10. The van der Waals surface area contributed by atoms with E-state index in [4.69, 9.17) is 4.98 Å². The number of aromatic nitrogens is 4. The van der Waals surface area contributed by atoms with Gasteiger partial charge in [0, 0.05) is 61.4 Å². The molecule has 2 N–H and O–H groups in total. The summed E-state index contributed by atoms with van der Waals surface area (Å²) in [6.07, 6.45) is 6.84. The first-order chi connectivity index (χ1) is 15.3. The first-order valence-corrected chi connectivity index (χ1v) is 10.9. The molecule has 3 atom stereocenters. The highest BCUT2D eigenvalue weighted by Gasteiger charge is 2.39. The van der Waals surface area contributed by atoms with Gasteiger partial charge in [-0.25, -0.2) is 15.0 Å². The number of nitrogens with one attached hydrogen (secondary N) is 2. The van der Waals surface area contributed by atoms with Crippen LogP contribution in [-0.4, -0.2) is 44.5 Å². The monoisotopic (exact) mass is 411 g/mol. The SMILES string of the molecule is CC(Nc1ncccc1-c1cc2nccn2c(N2CC3CC2CN3)n1)c1ccccc1. The van der Waals surface area contributed by atoms with Crippen molar-refractivity contribution in [2.75, 3.05) is 23.3 Å². The smallest absolute Gasteiger partial charge is 0.212 e. The van der Waals surface area contributed by atoms with Gasteiger partial charge >= 0.3 is 0 Å². The van der Waals surface area contributed by atoms with Crippen LogP contribution in [0.5, 0.6) is 0 Å². The molecular formula is C24H25N7. The van der Waals surface area contributed by atoms with Crippen LogP contribution in [-0.2, 0) is 0 Å². The standard InChI is InChI=1S/C24H25N7/c1-16(17-6-3-2-4-7-17)28-23-20(8-5-9-26-23)21-13-22-25-10-11-30(22)24(29-21)31-15-18-12-19(31)14-27-18/h2-11,13,16,18-19,27H,12,14-15H2,1H3,(H,26,28). The van der Waals surface area contributed by atoms with Crippen molar-refractivity contribution in [3.05, 3.63) is 72.7 Å². The second kappa shape index (κ2) is 7.35. The molecule has 4 aromatic rings. The molecule has 6 rings (SSSR count). The van der Waals surface area contributed by atoms with Crippen LogP contribution in [0.15, 0.2) is 67.1 Å². The molecule has 2 saturated heterocycles. The highest BCUT2D eigenvalue weighted by molar-refractivity contribution is 5.76. The maximum absolute atomic E-state index is 5.13. The fraction of sp³-hybridized carbons (Fsp3) is 0.292. The lowest BCUT2D eigenvalue weighted by Gasteiger charge is -2.29. The lowest BCUT2D eigenvalue weighted by Crippen LogP contribution is -2.44. The fourth-order valence-electron chi connectivity index (χ4n) is 4.81. The minimum absolute atomic E-state index is 0.130. The van der Waals surface area contributed by atoms with Gasteiger partial charge in [-0.2, -0.15) is 0 Å². The van der Waals surface area contributed by atoms with Gasteiger partial charge in [0.05, 0.1) is 5.69 Å². The summed E-state index contributed by atoms with van der Waals surface area (Å²) in [5.41, 5.74) is 4.00. The molecule has 0 aliphatic carbocycles. The topological polar surface area (TPSA) is 70.4 Å². The fourth-order valence-corrected chi connectivity index (χ4v) is 4.81. The lowest BCUT2D eigenvalue weighted by atomic mass is 10.1. The number of anilines is 2. The van der Waals surface area contributed by atoms with E-state index >= 15 is 0 Å². The predicted octanol–water partition coefficient (Wildman–Crippen LogP) is 3.51. The number of fused-ring (bicyclic) bond motifs is 3. The highest BCUT2D eigenvalue weighted by atomic mass is 15.4. The largest absolute Gasteiger partial charge is 0.363 e. The number of benzene rings is 1. The van der Waals surface area contributed by atoms with Crippen molar-refractivity contribution in [3.63, 3.8) is 0 Å². The number of hydrogen-bond donors (Lipinski definition) is 2. The van der Waals surface area contributed by atoms with Crippen LogP contribution in [0.4, 0.5) is 11.8 Å². The zero-order valence-corrected chi connectivity index (χ0v) is 17.4. The molecule has 7 heteroatoms. The van der Waals surface area contributed by atoms with E-state index in [1.54, 1.807) is 0 Å². The first kappa shape index (κ1) is 18.3. The Morgan fingerprint density at radius 2 is 2.00 bits per heavy atom. The van der Waals surface area contributed by atoms with Crippen LogP contribution in [0.2, 0.25) is 0 Å². The molecule has 2 bridgehead atoms. The van der Waals surface area contributed by atoms with Gasteiger partial charge in [0.1, 0.15) is 11.5 Å².